The van der Waals surface area contributed by atoms with Crippen LogP contribution in [0.5, 0.6) is 5.75 Å². The van der Waals surface area contributed by atoms with Gasteiger partial charge in [-0.2, -0.15) is 0 Å². The fraction of sp³-hybridized carbons (Fsp3) is 0.250. The van der Waals surface area contributed by atoms with E-state index in [0.717, 1.165) is 5.56 Å². The molecule has 0 spiro atoms. The van der Waals surface area contributed by atoms with Gasteiger partial charge in [-0.3, -0.25) is 4.79 Å². The van der Waals surface area contributed by atoms with Crippen LogP contribution in [0, 0.1) is 12.3 Å². The molecule has 1 aromatic rings. The van der Waals surface area contributed by atoms with Crippen LogP contribution in [-0.2, 0) is 4.79 Å². The van der Waals surface area contributed by atoms with Crippen molar-refractivity contribution < 1.29 is 9.53 Å². The predicted octanol–water partition coefficient (Wildman–Crippen LogP) is 1.29. The molecular weight excluding hydrogens is 190 g/mol. The summed E-state index contributed by atoms with van der Waals surface area (Å²) in [5, 5.41) is 0. The Labute approximate surface area is 89.2 Å². The smallest absolute Gasteiger partial charge is 0.224 e. The number of rotatable bonds is 4. The van der Waals surface area contributed by atoms with E-state index in [9.17, 15) is 4.79 Å². The topological polar surface area (TPSA) is 52.3 Å². The summed E-state index contributed by atoms with van der Waals surface area (Å²) in [4.78, 5) is 11.1. The van der Waals surface area contributed by atoms with Crippen molar-refractivity contribution in [3.05, 3.63) is 29.8 Å². The van der Waals surface area contributed by atoms with Crippen LogP contribution in [0.15, 0.2) is 24.3 Å². The second-order valence-electron chi connectivity index (χ2n) is 3.15. The van der Waals surface area contributed by atoms with Gasteiger partial charge < -0.3 is 10.5 Å². The van der Waals surface area contributed by atoms with Gasteiger partial charge in [-0.05, 0) is 13.0 Å². The third kappa shape index (κ3) is 2.75. The maximum Gasteiger partial charge on any atom is 0.224 e. The Balaban J connectivity index is 2.96. The van der Waals surface area contributed by atoms with Gasteiger partial charge in [0.25, 0.3) is 0 Å². The van der Waals surface area contributed by atoms with Crippen molar-refractivity contribution in [1.29, 1.82) is 0 Å². The van der Waals surface area contributed by atoms with Crippen LogP contribution < -0.4 is 10.5 Å². The molecule has 3 nitrogen and oxygen atoms in total. The van der Waals surface area contributed by atoms with E-state index in [0.29, 0.717) is 5.75 Å². The van der Waals surface area contributed by atoms with Crippen LogP contribution in [0.4, 0.5) is 0 Å². The van der Waals surface area contributed by atoms with Gasteiger partial charge >= 0.3 is 0 Å². The highest BCUT2D eigenvalue weighted by Gasteiger charge is 2.15. The lowest BCUT2D eigenvalue weighted by Gasteiger charge is -2.13. The van der Waals surface area contributed by atoms with Crippen LogP contribution in [0.2, 0.25) is 0 Å². The standard InChI is InChI=1S/C12H13NO2/c1-3-8-15-11-7-5-4-6-10(11)9(2)12(13)14/h1,4-7,9H,8H2,2H3,(H2,13,14). The summed E-state index contributed by atoms with van der Waals surface area (Å²) in [6.45, 7) is 1.92. The average molecular weight is 203 g/mol. The number of hydrogen-bond donors (Lipinski definition) is 1. The molecule has 0 radical (unpaired) electrons. The number of carbonyl (C=O) groups excluding carboxylic acids is 1. The van der Waals surface area contributed by atoms with Crippen LogP contribution in [0.1, 0.15) is 18.4 Å². The number of ether oxygens (including phenoxy) is 1. The molecule has 1 unspecified atom stereocenters. The lowest BCUT2D eigenvalue weighted by Crippen LogP contribution is -2.19. The van der Waals surface area contributed by atoms with Crippen LogP contribution in [-0.4, -0.2) is 12.5 Å². The van der Waals surface area contributed by atoms with Gasteiger partial charge in [0.15, 0.2) is 0 Å². The normalized spacial score (nSPS) is 11.5. The van der Waals surface area contributed by atoms with Gasteiger partial charge in [-0.1, -0.05) is 24.1 Å². The molecule has 0 heterocycles. The summed E-state index contributed by atoms with van der Waals surface area (Å²) < 4.78 is 5.31. The zero-order valence-corrected chi connectivity index (χ0v) is 8.57. The van der Waals surface area contributed by atoms with Crippen LogP contribution >= 0.6 is 0 Å². The van der Waals surface area contributed by atoms with Crippen molar-refractivity contribution in [3.8, 4) is 18.1 Å². The Kier molecular flexibility index (Phi) is 3.75. The highest BCUT2D eigenvalue weighted by atomic mass is 16.5. The summed E-state index contributed by atoms with van der Waals surface area (Å²) in [6.07, 6.45) is 5.10. The SMILES string of the molecule is C#CCOc1ccccc1C(C)C(N)=O. The maximum absolute atomic E-state index is 11.1. The maximum atomic E-state index is 11.1. The Morgan fingerprint density at radius 3 is 2.87 bits per heavy atom. The Bertz CT molecular complexity index is 393. The van der Waals surface area contributed by atoms with Crippen molar-refractivity contribution in [1.82, 2.24) is 0 Å². The zero-order valence-electron chi connectivity index (χ0n) is 8.57. The van der Waals surface area contributed by atoms with E-state index in [4.69, 9.17) is 16.9 Å². The number of carbonyl (C=O) groups is 1. The summed E-state index contributed by atoms with van der Waals surface area (Å²) in [5.41, 5.74) is 5.99. The molecule has 3 heteroatoms. The molecule has 0 aliphatic rings. The molecule has 1 rings (SSSR count). The first kappa shape index (κ1) is 11.1. The fourth-order valence-corrected chi connectivity index (χ4v) is 1.24. The molecule has 1 amide bonds. The predicted molar refractivity (Wildman–Crippen MR) is 58.4 cm³/mol. The van der Waals surface area contributed by atoms with Gasteiger partial charge in [0.1, 0.15) is 12.4 Å². The van der Waals surface area contributed by atoms with Crippen molar-refractivity contribution in [2.75, 3.05) is 6.61 Å². The van der Waals surface area contributed by atoms with E-state index < -0.39 is 0 Å². The molecule has 1 atom stereocenters. The molecular formula is C12H13NO2. The van der Waals surface area contributed by atoms with Gasteiger partial charge in [0, 0.05) is 5.56 Å². The van der Waals surface area contributed by atoms with Crippen LogP contribution in [0.25, 0.3) is 0 Å². The summed E-state index contributed by atoms with van der Waals surface area (Å²) >= 11 is 0. The molecule has 1 aromatic carbocycles. The summed E-state index contributed by atoms with van der Waals surface area (Å²) in [5.74, 6) is 2.23. The first-order valence-corrected chi connectivity index (χ1v) is 4.61. The minimum absolute atomic E-state index is 0.183. The number of primary amides is 1. The highest BCUT2D eigenvalue weighted by molar-refractivity contribution is 5.82. The van der Waals surface area contributed by atoms with Gasteiger partial charge in [-0.15, -0.1) is 6.42 Å². The van der Waals surface area contributed by atoms with Gasteiger partial charge in [-0.25, -0.2) is 0 Å². The Hall–Kier alpha value is -1.95. The number of terminal acetylenes is 1. The summed E-state index contributed by atoms with van der Waals surface area (Å²) in [6, 6.07) is 7.23. The summed E-state index contributed by atoms with van der Waals surface area (Å²) in [7, 11) is 0. The van der Waals surface area contributed by atoms with E-state index in [1.54, 1.807) is 19.1 Å². The fourth-order valence-electron chi connectivity index (χ4n) is 1.24. The molecule has 0 fully saturated rings. The van der Waals surface area contributed by atoms with Crippen molar-refractivity contribution in [2.45, 2.75) is 12.8 Å². The zero-order chi connectivity index (χ0) is 11.3. The molecule has 0 aromatic heterocycles. The second kappa shape index (κ2) is 5.06. The minimum atomic E-state index is -0.383. The Morgan fingerprint density at radius 2 is 2.27 bits per heavy atom. The second-order valence-corrected chi connectivity index (χ2v) is 3.15. The highest BCUT2D eigenvalue weighted by Crippen LogP contribution is 2.25. The van der Waals surface area contributed by atoms with E-state index in [2.05, 4.69) is 5.92 Å². The van der Waals surface area contributed by atoms with Gasteiger partial charge in [0.2, 0.25) is 5.91 Å². The first-order valence-electron chi connectivity index (χ1n) is 4.61. The van der Waals surface area contributed by atoms with Crippen molar-refractivity contribution >= 4 is 5.91 Å². The number of hydrogen-bond acceptors (Lipinski definition) is 2. The van der Waals surface area contributed by atoms with Gasteiger partial charge in [0.05, 0.1) is 5.92 Å². The lowest BCUT2D eigenvalue weighted by molar-refractivity contribution is -0.119. The monoisotopic (exact) mass is 203 g/mol. The van der Waals surface area contributed by atoms with E-state index in [-0.39, 0.29) is 18.4 Å². The quantitative estimate of drug-likeness (QED) is 0.749. The largest absolute Gasteiger partial charge is 0.481 e. The third-order valence-electron chi connectivity index (χ3n) is 2.12. The molecule has 0 saturated heterocycles. The average Bonchev–Trinajstić information content (AvgIpc) is 2.25. The third-order valence-corrected chi connectivity index (χ3v) is 2.12. The number of amides is 1. The molecule has 0 bridgehead atoms. The molecule has 0 aliphatic carbocycles. The molecule has 2 N–H and O–H groups in total. The van der Waals surface area contributed by atoms with E-state index in [1.807, 2.05) is 12.1 Å². The van der Waals surface area contributed by atoms with Crippen molar-refractivity contribution in [3.63, 3.8) is 0 Å². The van der Waals surface area contributed by atoms with E-state index in [1.165, 1.54) is 0 Å². The minimum Gasteiger partial charge on any atom is -0.481 e. The molecule has 0 saturated carbocycles. The molecule has 78 valence electrons. The molecule has 15 heavy (non-hydrogen) atoms. The van der Waals surface area contributed by atoms with E-state index >= 15 is 0 Å². The molecule has 0 aliphatic heterocycles. The number of para-hydroxylation sites is 1. The van der Waals surface area contributed by atoms with Crippen LogP contribution in [0.3, 0.4) is 0 Å². The Morgan fingerprint density at radius 1 is 1.60 bits per heavy atom. The number of benzene rings is 1. The first-order chi connectivity index (χ1) is 7.16. The van der Waals surface area contributed by atoms with Crippen molar-refractivity contribution in [2.24, 2.45) is 5.73 Å². The number of nitrogens with two attached hydrogens (primary N) is 1. The lowest BCUT2D eigenvalue weighted by atomic mass is 10.00.